The van der Waals surface area contributed by atoms with Gasteiger partial charge in [-0.15, -0.1) is 0 Å². The average molecular weight is 360 g/mol. The highest BCUT2D eigenvalue weighted by atomic mass is 16.2. The highest BCUT2D eigenvalue weighted by Gasteiger charge is 2.26. The number of nitrogens with one attached hydrogen (secondary N) is 1. The molecule has 1 heterocycles. The van der Waals surface area contributed by atoms with E-state index in [2.05, 4.69) is 34.5 Å². The number of anilines is 1. The maximum absolute atomic E-state index is 12.1. The molecule has 4 rings (SSSR count). The number of rotatable bonds is 5. The van der Waals surface area contributed by atoms with Crippen LogP contribution in [0.5, 0.6) is 0 Å². The molecule has 0 saturated carbocycles. The second kappa shape index (κ2) is 7.49. The highest BCUT2D eigenvalue weighted by molar-refractivity contribution is 5.82. The lowest BCUT2D eigenvalue weighted by Crippen LogP contribution is -2.43. The zero-order valence-electron chi connectivity index (χ0n) is 15.6. The van der Waals surface area contributed by atoms with Crippen molar-refractivity contribution in [3.63, 3.8) is 0 Å². The predicted molar refractivity (Wildman–Crippen MR) is 110 cm³/mol. The van der Waals surface area contributed by atoms with Gasteiger partial charge in [0.05, 0.1) is 11.3 Å². The Balaban J connectivity index is 1.40. The number of hydrogen-bond acceptors (Lipinski definition) is 4. The van der Waals surface area contributed by atoms with Gasteiger partial charge in [-0.3, -0.25) is 14.5 Å². The predicted octanol–water partition coefficient (Wildman–Crippen LogP) is 3.33. The standard InChI is InChI=1S/C23H24N2O2/c1-16-7-9-18(10-8-16)20-21(23(27)22(20)26)24-19-11-13-25(14-12-19)15-17-5-3-2-4-6-17/h2-10,19,24H,11-15H2,1H3. The molecule has 3 aromatic rings. The van der Waals surface area contributed by atoms with E-state index in [9.17, 15) is 9.59 Å². The summed E-state index contributed by atoms with van der Waals surface area (Å²) in [7, 11) is 0. The summed E-state index contributed by atoms with van der Waals surface area (Å²) in [5.74, 6) is 0. The molecule has 1 aliphatic heterocycles. The van der Waals surface area contributed by atoms with Gasteiger partial charge in [-0.25, -0.2) is 0 Å². The molecule has 0 aromatic heterocycles. The van der Waals surface area contributed by atoms with Crippen LogP contribution in [0.25, 0.3) is 11.1 Å². The summed E-state index contributed by atoms with van der Waals surface area (Å²) in [6, 6.07) is 18.5. The number of nitrogens with zero attached hydrogens (tertiary/aromatic N) is 1. The molecular weight excluding hydrogens is 336 g/mol. The molecule has 27 heavy (non-hydrogen) atoms. The van der Waals surface area contributed by atoms with Crippen LogP contribution in [0.1, 0.15) is 24.0 Å². The molecule has 4 heteroatoms. The van der Waals surface area contributed by atoms with Gasteiger partial charge in [-0.1, -0.05) is 60.2 Å². The van der Waals surface area contributed by atoms with E-state index >= 15 is 0 Å². The summed E-state index contributed by atoms with van der Waals surface area (Å²) < 4.78 is 0. The molecule has 1 aliphatic rings. The quantitative estimate of drug-likeness (QED) is 0.709. The zero-order chi connectivity index (χ0) is 18.8. The fourth-order valence-corrected chi connectivity index (χ4v) is 3.81. The fraction of sp³-hybridized carbons (Fsp3) is 0.304. The van der Waals surface area contributed by atoms with Gasteiger partial charge in [0.1, 0.15) is 0 Å². The first kappa shape index (κ1) is 17.7. The summed E-state index contributed by atoms with van der Waals surface area (Å²) in [5.41, 5.74) is 3.59. The number of benzene rings is 2. The van der Waals surface area contributed by atoms with Crippen LogP contribution in [0.2, 0.25) is 0 Å². The normalized spacial score (nSPS) is 15.9. The third-order valence-corrected chi connectivity index (χ3v) is 5.44. The van der Waals surface area contributed by atoms with Crippen molar-refractivity contribution in [1.82, 2.24) is 4.90 Å². The van der Waals surface area contributed by atoms with Gasteiger partial charge in [0.25, 0.3) is 0 Å². The van der Waals surface area contributed by atoms with Crippen molar-refractivity contribution in [2.24, 2.45) is 0 Å². The minimum absolute atomic E-state index is 0.240. The van der Waals surface area contributed by atoms with Crippen LogP contribution >= 0.6 is 0 Å². The van der Waals surface area contributed by atoms with Crippen LogP contribution in [0.15, 0.2) is 64.2 Å². The minimum Gasteiger partial charge on any atom is -0.378 e. The van der Waals surface area contributed by atoms with Crippen molar-refractivity contribution in [1.29, 1.82) is 0 Å². The molecule has 138 valence electrons. The van der Waals surface area contributed by atoms with Crippen molar-refractivity contribution < 1.29 is 0 Å². The number of hydrogen-bond donors (Lipinski definition) is 1. The molecule has 1 saturated heterocycles. The van der Waals surface area contributed by atoms with E-state index in [-0.39, 0.29) is 16.9 Å². The number of likely N-dealkylation sites (tertiary alicyclic amines) is 1. The van der Waals surface area contributed by atoms with Crippen molar-refractivity contribution in [3.8, 4) is 11.1 Å². The summed E-state index contributed by atoms with van der Waals surface area (Å²) in [4.78, 5) is 26.7. The van der Waals surface area contributed by atoms with E-state index in [1.54, 1.807) is 0 Å². The van der Waals surface area contributed by atoms with Gasteiger partial charge in [-0.05, 0) is 30.9 Å². The maximum atomic E-state index is 12.1. The van der Waals surface area contributed by atoms with Gasteiger partial charge in [0.2, 0.25) is 10.9 Å². The van der Waals surface area contributed by atoms with Gasteiger partial charge in [0, 0.05) is 25.7 Å². The van der Waals surface area contributed by atoms with Gasteiger partial charge >= 0.3 is 0 Å². The van der Waals surface area contributed by atoms with Gasteiger partial charge < -0.3 is 5.32 Å². The molecule has 0 atom stereocenters. The molecule has 0 unspecified atom stereocenters. The Morgan fingerprint density at radius 1 is 0.926 bits per heavy atom. The number of aryl methyl sites for hydroxylation is 1. The fourth-order valence-electron chi connectivity index (χ4n) is 3.81. The van der Waals surface area contributed by atoms with Gasteiger partial charge in [-0.2, -0.15) is 0 Å². The molecule has 0 bridgehead atoms. The Kier molecular flexibility index (Phi) is 4.90. The molecule has 0 amide bonds. The average Bonchev–Trinajstić information content (AvgIpc) is 2.71. The molecular formula is C23H24N2O2. The molecule has 3 aromatic carbocycles. The van der Waals surface area contributed by atoms with E-state index in [0.29, 0.717) is 11.3 Å². The topological polar surface area (TPSA) is 49.4 Å². The first-order valence-electron chi connectivity index (χ1n) is 9.55. The third-order valence-electron chi connectivity index (χ3n) is 5.44. The van der Waals surface area contributed by atoms with Crippen molar-refractivity contribution >= 4 is 5.69 Å². The largest absolute Gasteiger partial charge is 0.378 e. The van der Waals surface area contributed by atoms with Gasteiger partial charge in [0.15, 0.2) is 0 Å². The Morgan fingerprint density at radius 3 is 2.26 bits per heavy atom. The van der Waals surface area contributed by atoms with Crippen LogP contribution in [0.4, 0.5) is 5.69 Å². The van der Waals surface area contributed by atoms with E-state index in [1.807, 2.05) is 37.3 Å². The third kappa shape index (κ3) is 3.71. The highest BCUT2D eigenvalue weighted by Crippen LogP contribution is 2.26. The monoisotopic (exact) mass is 360 g/mol. The molecule has 4 nitrogen and oxygen atoms in total. The molecule has 0 aliphatic carbocycles. The van der Waals surface area contributed by atoms with Crippen molar-refractivity contribution in [2.45, 2.75) is 32.4 Å². The minimum atomic E-state index is -0.378. The van der Waals surface area contributed by atoms with Crippen LogP contribution in [0.3, 0.4) is 0 Å². The molecule has 1 N–H and O–H groups in total. The Bertz CT molecular complexity index is 978. The van der Waals surface area contributed by atoms with Crippen LogP contribution < -0.4 is 16.2 Å². The van der Waals surface area contributed by atoms with Crippen molar-refractivity contribution in [2.75, 3.05) is 18.4 Å². The summed E-state index contributed by atoms with van der Waals surface area (Å²) in [6.45, 7) is 4.94. The van der Waals surface area contributed by atoms with Crippen LogP contribution in [-0.4, -0.2) is 24.0 Å². The van der Waals surface area contributed by atoms with Crippen LogP contribution in [-0.2, 0) is 6.54 Å². The SMILES string of the molecule is Cc1ccc(-c2c(NC3CCN(Cc4ccccc4)CC3)c(=O)c2=O)cc1. The van der Waals surface area contributed by atoms with Crippen LogP contribution in [0, 0.1) is 6.92 Å². The summed E-state index contributed by atoms with van der Waals surface area (Å²) in [6.07, 6.45) is 1.94. The summed E-state index contributed by atoms with van der Waals surface area (Å²) in [5, 5.41) is 3.37. The lowest BCUT2D eigenvalue weighted by atomic mass is 9.96. The van der Waals surface area contributed by atoms with E-state index < -0.39 is 0 Å². The Morgan fingerprint density at radius 2 is 1.59 bits per heavy atom. The van der Waals surface area contributed by atoms with E-state index in [1.165, 1.54) is 5.56 Å². The van der Waals surface area contributed by atoms with E-state index in [0.717, 1.165) is 43.6 Å². The lowest BCUT2D eigenvalue weighted by Gasteiger charge is -2.33. The molecule has 1 fully saturated rings. The summed E-state index contributed by atoms with van der Waals surface area (Å²) >= 11 is 0. The Labute approximate surface area is 159 Å². The van der Waals surface area contributed by atoms with Crippen molar-refractivity contribution in [3.05, 3.63) is 86.2 Å². The first-order chi connectivity index (χ1) is 13.1. The molecule has 0 radical (unpaired) electrons. The second-order valence-electron chi connectivity index (χ2n) is 7.45. The smallest absolute Gasteiger partial charge is 0.250 e. The zero-order valence-corrected chi connectivity index (χ0v) is 15.6. The maximum Gasteiger partial charge on any atom is 0.250 e. The number of piperidine rings is 1. The molecule has 0 spiro atoms. The Hall–Kier alpha value is -2.72. The first-order valence-corrected chi connectivity index (χ1v) is 9.55. The second-order valence-corrected chi connectivity index (χ2v) is 7.45. The van der Waals surface area contributed by atoms with E-state index in [4.69, 9.17) is 0 Å². The lowest BCUT2D eigenvalue weighted by molar-refractivity contribution is 0.211.